The lowest BCUT2D eigenvalue weighted by molar-refractivity contribution is -0.384. The summed E-state index contributed by atoms with van der Waals surface area (Å²) in [7, 11) is 0. The number of aromatic nitrogens is 4. The summed E-state index contributed by atoms with van der Waals surface area (Å²) in [5.41, 5.74) is -0.0167. The molecule has 0 spiro atoms. The summed E-state index contributed by atoms with van der Waals surface area (Å²) < 4.78 is 13.2. The molecule has 1 heterocycles. The average Bonchev–Trinajstić information content (AvgIpc) is 2.94. The number of benzene rings is 1. The molecule has 21 heavy (non-hydrogen) atoms. The number of nitro benzene ring substituents is 1. The van der Waals surface area contributed by atoms with Crippen molar-refractivity contribution in [3.05, 3.63) is 45.7 Å². The lowest BCUT2D eigenvalue weighted by Gasteiger charge is -2.07. The van der Waals surface area contributed by atoms with E-state index in [-0.39, 0.29) is 17.1 Å². The minimum absolute atomic E-state index is 0.0155. The minimum atomic E-state index is -0.716. The molecule has 0 saturated carbocycles. The summed E-state index contributed by atoms with van der Waals surface area (Å²) in [5.74, 6) is -0.681. The predicted octanol–water partition coefficient (Wildman–Crippen LogP) is 1.53. The van der Waals surface area contributed by atoms with Crippen LogP contribution < -0.4 is 5.32 Å². The SMILES string of the molecule is Cc1cc(F)cc([N+](=O)[O-])c1NC=C(C#N)c1nn[nH]n1. The molecule has 10 heteroatoms. The summed E-state index contributed by atoms with van der Waals surface area (Å²) in [6.07, 6.45) is 1.19. The number of aromatic amines is 1. The molecular weight excluding hydrogens is 281 g/mol. The predicted molar refractivity (Wildman–Crippen MR) is 69.2 cm³/mol. The van der Waals surface area contributed by atoms with Crippen LogP contribution in [0, 0.1) is 34.2 Å². The standard InChI is InChI=1S/C11H8FN7O2/c1-6-2-8(12)3-9(19(20)21)10(6)14-5-7(4-13)11-15-17-18-16-11/h2-3,5,14H,1H3,(H,15,16,17,18). The van der Waals surface area contributed by atoms with Crippen molar-refractivity contribution in [2.45, 2.75) is 6.92 Å². The van der Waals surface area contributed by atoms with E-state index in [1.807, 2.05) is 6.07 Å². The Morgan fingerprint density at radius 1 is 1.62 bits per heavy atom. The molecule has 2 N–H and O–H groups in total. The second kappa shape index (κ2) is 5.74. The fraction of sp³-hybridized carbons (Fsp3) is 0.0909. The van der Waals surface area contributed by atoms with Crippen molar-refractivity contribution in [1.82, 2.24) is 20.6 Å². The molecule has 0 bridgehead atoms. The largest absolute Gasteiger partial charge is 0.354 e. The Balaban J connectivity index is 2.40. The molecule has 0 aliphatic carbocycles. The van der Waals surface area contributed by atoms with E-state index >= 15 is 0 Å². The highest BCUT2D eigenvalue weighted by molar-refractivity contribution is 5.76. The Kier molecular flexibility index (Phi) is 3.85. The summed E-state index contributed by atoms with van der Waals surface area (Å²) in [6, 6.07) is 3.76. The van der Waals surface area contributed by atoms with Gasteiger partial charge in [0.05, 0.1) is 11.0 Å². The van der Waals surface area contributed by atoms with Gasteiger partial charge in [0.2, 0.25) is 5.82 Å². The first-order valence-electron chi connectivity index (χ1n) is 5.58. The van der Waals surface area contributed by atoms with Gasteiger partial charge in [-0.15, -0.1) is 10.2 Å². The summed E-state index contributed by atoms with van der Waals surface area (Å²) in [4.78, 5) is 10.2. The minimum Gasteiger partial charge on any atom is -0.354 e. The zero-order valence-corrected chi connectivity index (χ0v) is 10.7. The number of halogens is 1. The normalized spacial score (nSPS) is 11.0. The van der Waals surface area contributed by atoms with Crippen molar-refractivity contribution < 1.29 is 9.31 Å². The van der Waals surface area contributed by atoms with Crippen LogP contribution in [0.3, 0.4) is 0 Å². The molecule has 0 saturated heterocycles. The number of nitrogens with zero attached hydrogens (tertiary/aromatic N) is 5. The maximum atomic E-state index is 13.2. The number of anilines is 1. The van der Waals surface area contributed by atoms with Crippen LogP contribution in [0.4, 0.5) is 15.8 Å². The molecule has 106 valence electrons. The van der Waals surface area contributed by atoms with E-state index in [0.717, 1.165) is 12.1 Å². The number of hydrogen-bond donors (Lipinski definition) is 2. The van der Waals surface area contributed by atoms with Crippen LogP contribution >= 0.6 is 0 Å². The second-order valence-corrected chi connectivity index (χ2v) is 3.92. The van der Waals surface area contributed by atoms with Crippen LogP contribution in [0.1, 0.15) is 11.4 Å². The highest BCUT2D eigenvalue weighted by atomic mass is 19.1. The van der Waals surface area contributed by atoms with Gasteiger partial charge in [-0.2, -0.15) is 10.5 Å². The number of aryl methyl sites for hydroxylation is 1. The number of rotatable bonds is 4. The first-order valence-corrected chi connectivity index (χ1v) is 5.58. The van der Waals surface area contributed by atoms with Crippen LogP contribution in [-0.4, -0.2) is 25.5 Å². The zero-order chi connectivity index (χ0) is 15.4. The van der Waals surface area contributed by atoms with Crippen LogP contribution in [0.2, 0.25) is 0 Å². The van der Waals surface area contributed by atoms with Gasteiger partial charge in [-0.1, -0.05) is 0 Å². The van der Waals surface area contributed by atoms with Gasteiger partial charge in [-0.25, -0.2) is 4.39 Å². The van der Waals surface area contributed by atoms with Gasteiger partial charge >= 0.3 is 0 Å². The van der Waals surface area contributed by atoms with Gasteiger partial charge in [0.25, 0.3) is 5.69 Å². The first-order chi connectivity index (χ1) is 10.0. The third-order valence-electron chi connectivity index (χ3n) is 2.54. The Morgan fingerprint density at radius 3 is 2.95 bits per heavy atom. The number of nitrogens with one attached hydrogen (secondary N) is 2. The molecule has 0 unspecified atom stereocenters. The van der Waals surface area contributed by atoms with Crippen LogP contribution in [-0.2, 0) is 0 Å². The van der Waals surface area contributed by atoms with Crippen molar-refractivity contribution in [2.24, 2.45) is 0 Å². The van der Waals surface area contributed by atoms with E-state index in [1.165, 1.54) is 13.1 Å². The fourth-order valence-electron chi connectivity index (χ4n) is 1.62. The molecular formula is C11H8FN7O2. The molecule has 1 aromatic heterocycles. The Hall–Kier alpha value is -3.35. The van der Waals surface area contributed by atoms with Crippen molar-refractivity contribution >= 4 is 16.9 Å². The van der Waals surface area contributed by atoms with E-state index in [2.05, 4.69) is 25.9 Å². The molecule has 0 atom stereocenters. The van der Waals surface area contributed by atoms with Gasteiger partial charge in [0.1, 0.15) is 23.1 Å². The maximum Gasteiger partial charge on any atom is 0.295 e. The van der Waals surface area contributed by atoms with Crippen molar-refractivity contribution in [1.29, 1.82) is 5.26 Å². The van der Waals surface area contributed by atoms with E-state index in [4.69, 9.17) is 5.26 Å². The van der Waals surface area contributed by atoms with Gasteiger partial charge in [-0.05, 0) is 23.8 Å². The van der Waals surface area contributed by atoms with Gasteiger partial charge < -0.3 is 5.32 Å². The molecule has 0 radical (unpaired) electrons. The summed E-state index contributed by atoms with van der Waals surface area (Å²) in [6.45, 7) is 1.51. The summed E-state index contributed by atoms with van der Waals surface area (Å²) in [5, 5.41) is 35.3. The number of hydrogen-bond acceptors (Lipinski definition) is 7. The second-order valence-electron chi connectivity index (χ2n) is 3.92. The van der Waals surface area contributed by atoms with Gasteiger partial charge in [0.15, 0.2) is 0 Å². The molecule has 1 aromatic carbocycles. The third kappa shape index (κ3) is 2.98. The van der Waals surface area contributed by atoms with Crippen LogP contribution in [0.15, 0.2) is 18.3 Å². The highest BCUT2D eigenvalue weighted by Crippen LogP contribution is 2.29. The lowest BCUT2D eigenvalue weighted by Crippen LogP contribution is -2.01. The molecule has 0 aliphatic heterocycles. The zero-order valence-electron chi connectivity index (χ0n) is 10.7. The summed E-state index contributed by atoms with van der Waals surface area (Å²) >= 11 is 0. The first kappa shape index (κ1) is 14.1. The van der Waals surface area contributed by atoms with E-state index < -0.39 is 16.4 Å². The van der Waals surface area contributed by atoms with Crippen molar-refractivity contribution in [3.63, 3.8) is 0 Å². The monoisotopic (exact) mass is 289 g/mol. The van der Waals surface area contributed by atoms with Crippen molar-refractivity contribution in [2.75, 3.05) is 5.32 Å². The number of allylic oxidation sites excluding steroid dienone is 1. The third-order valence-corrected chi connectivity index (χ3v) is 2.54. The molecule has 2 rings (SSSR count). The van der Waals surface area contributed by atoms with Crippen LogP contribution in [0.5, 0.6) is 0 Å². The number of nitro groups is 1. The average molecular weight is 289 g/mol. The van der Waals surface area contributed by atoms with E-state index in [9.17, 15) is 14.5 Å². The number of tetrazole rings is 1. The van der Waals surface area contributed by atoms with E-state index in [0.29, 0.717) is 5.56 Å². The number of nitriles is 1. The van der Waals surface area contributed by atoms with Gasteiger partial charge in [0, 0.05) is 6.20 Å². The quantitative estimate of drug-likeness (QED) is 0.495. The Bertz CT molecular complexity index is 749. The smallest absolute Gasteiger partial charge is 0.295 e. The van der Waals surface area contributed by atoms with Crippen molar-refractivity contribution in [3.8, 4) is 6.07 Å². The fourth-order valence-corrected chi connectivity index (χ4v) is 1.62. The topological polar surface area (TPSA) is 133 Å². The van der Waals surface area contributed by atoms with E-state index in [1.54, 1.807) is 0 Å². The Labute approximate surface area is 117 Å². The molecule has 0 fully saturated rings. The Morgan fingerprint density at radius 2 is 2.38 bits per heavy atom. The molecule has 9 nitrogen and oxygen atoms in total. The lowest BCUT2D eigenvalue weighted by atomic mass is 10.1. The molecule has 0 aliphatic rings. The maximum absolute atomic E-state index is 13.2. The number of H-pyrrole nitrogens is 1. The van der Waals surface area contributed by atoms with Gasteiger partial charge in [-0.3, -0.25) is 10.1 Å². The molecule has 2 aromatic rings. The molecule has 0 amide bonds. The highest BCUT2D eigenvalue weighted by Gasteiger charge is 2.18. The van der Waals surface area contributed by atoms with Crippen LogP contribution in [0.25, 0.3) is 5.57 Å².